The van der Waals surface area contributed by atoms with Gasteiger partial charge in [-0.3, -0.25) is 0 Å². The summed E-state index contributed by atoms with van der Waals surface area (Å²) in [5.41, 5.74) is 4.09. The average molecular weight is 191 g/mol. The van der Waals surface area contributed by atoms with Crippen molar-refractivity contribution in [2.24, 2.45) is 0 Å². The van der Waals surface area contributed by atoms with Crippen LogP contribution in [0.1, 0.15) is 24.5 Å². The molecule has 0 saturated carbocycles. The number of rotatable bonds is 3. The van der Waals surface area contributed by atoms with Gasteiger partial charge >= 0.3 is 0 Å². The largest absolute Gasteiger partial charge is 0.393 e. The number of benzene rings is 1. The molecular formula is C12H17NO. The van der Waals surface area contributed by atoms with E-state index < -0.39 is 0 Å². The van der Waals surface area contributed by atoms with Crippen LogP contribution in [0.3, 0.4) is 0 Å². The number of hydrogen-bond acceptors (Lipinski definition) is 2. The monoisotopic (exact) mass is 191 g/mol. The zero-order chi connectivity index (χ0) is 9.97. The van der Waals surface area contributed by atoms with Crippen molar-refractivity contribution in [1.29, 1.82) is 0 Å². The molecule has 2 nitrogen and oxygen atoms in total. The Balaban J connectivity index is 2.14. The molecule has 0 aromatic heterocycles. The molecule has 2 N–H and O–H groups in total. The molecule has 14 heavy (non-hydrogen) atoms. The fourth-order valence-corrected chi connectivity index (χ4v) is 1.98. The van der Waals surface area contributed by atoms with Crippen molar-refractivity contribution >= 4 is 5.69 Å². The predicted molar refractivity (Wildman–Crippen MR) is 58.6 cm³/mol. The maximum atomic E-state index is 9.24. The molecule has 1 unspecified atom stereocenters. The molecule has 1 aromatic carbocycles. The summed E-state index contributed by atoms with van der Waals surface area (Å²) in [5, 5.41) is 12.7. The molecule has 2 rings (SSSR count). The number of aliphatic hydroxyl groups excluding tert-OH is 1. The van der Waals surface area contributed by atoms with Gasteiger partial charge in [-0.15, -0.1) is 0 Å². The first-order valence-electron chi connectivity index (χ1n) is 5.30. The molecule has 0 aliphatic carbocycles. The molecule has 0 spiro atoms. The van der Waals surface area contributed by atoms with Gasteiger partial charge in [0.15, 0.2) is 0 Å². The maximum Gasteiger partial charge on any atom is 0.0515 e. The molecule has 0 fully saturated rings. The van der Waals surface area contributed by atoms with Crippen LogP contribution in [0.15, 0.2) is 18.2 Å². The van der Waals surface area contributed by atoms with E-state index in [1.54, 1.807) is 0 Å². The Labute approximate surface area is 85.0 Å². The third-order valence-corrected chi connectivity index (χ3v) is 2.76. The number of aryl methyl sites for hydroxylation is 1. The molecule has 0 saturated heterocycles. The molecule has 1 atom stereocenters. The zero-order valence-electron chi connectivity index (χ0n) is 8.59. The lowest BCUT2D eigenvalue weighted by atomic mass is 10.0. The van der Waals surface area contributed by atoms with E-state index >= 15 is 0 Å². The van der Waals surface area contributed by atoms with Crippen LogP contribution in [0.5, 0.6) is 0 Å². The van der Waals surface area contributed by atoms with Gasteiger partial charge in [-0.25, -0.2) is 0 Å². The number of para-hydroxylation sites is 1. The highest BCUT2D eigenvalue weighted by Crippen LogP contribution is 2.27. The van der Waals surface area contributed by atoms with Crippen molar-refractivity contribution in [3.8, 4) is 0 Å². The summed E-state index contributed by atoms with van der Waals surface area (Å²) in [6.07, 6.45) is 2.75. The molecule has 1 aliphatic heterocycles. The molecule has 0 amide bonds. The van der Waals surface area contributed by atoms with Gasteiger partial charge in [0.25, 0.3) is 0 Å². The molecule has 1 aliphatic rings. The van der Waals surface area contributed by atoms with Crippen LogP contribution in [-0.4, -0.2) is 17.8 Å². The molecule has 2 heteroatoms. The Hall–Kier alpha value is -1.02. The Kier molecular flexibility index (Phi) is 2.73. The van der Waals surface area contributed by atoms with Crippen LogP contribution < -0.4 is 5.32 Å². The Morgan fingerprint density at radius 1 is 1.50 bits per heavy atom. The lowest BCUT2D eigenvalue weighted by Crippen LogP contribution is -2.03. The van der Waals surface area contributed by atoms with Crippen LogP contribution in [0.2, 0.25) is 0 Å². The lowest BCUT2D eigenvalue weighted by molar-refractivity contribution is 0.185. The lowest BCUT2D eigenvalue weighted by Gasteiger charge is -2.09. The van der Waals surface area contributed by atoms with Crippen LogP contribution in [-0.2, 0) is 12.8 Å². The first-order chi connectivity index (χ1) is 6.77. The third-order valence-electron chi connectivity index (χ3n) is 2.76. The molecule has 1 aromatic rings. The number of fused-ring (bicyclic) bond motifs is 1. The minimum Gasteiger partial charge on any atom is -0.393 e. The Morgan fingerprint density at radius 2 is 2.36 bits per heavy atom. The van der Waals surface area contributed by atoms with Gasteiger partial charge in [-0.2, -0.15) is 0 Å². The molecule has 0 bridgehead atoms. The maximum absolute atomic E-state index is 9.24. The summed E-state index contributed by atoms with van der Waals surface area (Å²) in [6, 6.07) is 6.45. The molecule has 1 heterocycles. The van der Waals surface area contributed by atoms with E-state index in [1.165, 1.54) is 16.8 Å². The van der Waals surface area contributed by atoms with Crippen molar-refractivity contribution in [3.63, 3.8) is 0 Å². The minimum absolute atomic E-state index is 0.202. The normalized spacial score (nSPS) is 16.1. The SMILES string of the molecule is CC(O)CCc1cccc2c1NCC2. The van der Waals surface area contributed by atoms with E-state index in [2.05, 4.69) is 23.5 Å². The van der Waals surface area contributed by atoms with Gasteiger partial charge < -0.3 is 10.4 Å². The quantitative estimate of drug-likeness (QED) is 0.765. The van der Waals surface area contributed by atoms with E-state index in [1.807, 2.05) is 6.92 Å². The third kappa shape index (κ3) is 1.90. The van der Waals surface area contributed by atoms with Gasteiger partial charge in [0.05, 0.1) is 6.10 Å². The van der Waals surface area contributed by atoms with Crippen LogP contribution >= 0.6 is 0 Å². The zero-order valence-corrected chi connectivity index (χ0v) is 8.59. The number of nitrogens with one attached hydrogen (secondary N) is 1. The second-order valence-electron chi connectivity index (χ2n) is 4.02. The van der Waals surface area contributed by atoms with E-state index in [0.29, 0.717) is 0 Å². The fraction of sp³-hybridized carbons (Fsp3) is 0.500. The first kappa shape index (κ1) is 9.53. The Morgan fingerprint density at radius 3 is 3.14 bits per heavy atom. The van der Waals surface area contributed by atoms with Crippen molar-refractivity contribution in [2.45, 2.75) is 32.3 Å². The van der Waals surface area contributed by atoms with Gasteiger partial charge in [0, 0.05) is 12.2 Å². The number of anilines is 1. The van der Waals surface area contributed by atoms with Gasteiger partial charge in [0.2, 0.25) is 0 Å². The smallest absolute Gasteiger partial charge is 0.0515 e. The van der Waals surface area contributed by atoms with Crippen LogP contribution in [0.4, 0.5) is 5.69 Å². The topological polar surface area (TPSA) is 32.3 Å². The van der Waals surface area contributed by atoms with Crippen molar-refractivity contribution < 1.29 is 5.11 Å². The number of aliphatic hydroxyl groups is 1. The fourth-order valence-electron chi connectivity index (χ4n) is 1.98. The van der Waals surface area contributed by atoms with Crippen molar-refractivity contribution in [1.82, 2.24) is 0 Å². The highest BCUT2D eigenvalue weighted by molar-refractivity contribution is 5.61. The second-order valence-corrected chi connectivity index (χ2v) is 4.02. The van der Waals surface area contributed by atoms with E-state index in [-0.39, 0.29) is 6.10 Å². The minimum atomic E-state index is -0.202. The summed E-state index contributed by atoms with van der Waals surface area (Å²) >= 11 is 0. The first-order valence-corrected chi connectivity index (χ1v) is 5.30. The molecular weight excluding hydrogens is 174 g/mol. The molecule has 76 valence electrons. The standard InChI is InChI=1S/C12H17NO/c1-9(14)5-6-10-3-2-4-11-7-8-13-12(10)11/h2-4,9,13-14H,5-8H2,1H3. The summed E-state index contributed by atoms with van der Waals surface area (Å²) in [5.74, 6) is 0. The van der Waals surface area contributed by atoms with Gasteiger partial charge in [-0.05, 0) is 37.3 Å². The highest BCUT2D eigenvalue weighted by atomic mass is 16.3. The molecule has 0 radical (unpaired) electrons. The van der Waals surface area contributed by atoms with E-state index in [0.717, 1.165) is 25.8 Å². The summed E-state index contributed by atoms with van der Waals surface area (Å²) < 4.78 is 0. The second kappa shape index (κ2) is 4.01. The van der Waals surface area contributed by atoms with Crippen LogP contribution in [0, 0.1) is 0 Å². The van der Waals surface area contributed by atoms with E-state index in [4.69, 9.17) is 0 Å². The Bertz CT molecular complexity index is 320. The van der Waals surface area contributed by atoms with Gasteiger partial charge in [-0.1, -0.05) is 18.2 Å². The van der Waals surface area contributed by atoms with E-state index in [9.17, 15) is 5.11 Å². The summed E-state index contributed by atoms with van der Waals surface area (Å²) in [4.78, 5) is 0. The summed E-state index contributed by atoms with van der Waals surface area (Å²) in [7, 11) is 0. The van der Waals surface area contributed by atoms with Gasteiger partial charge in [0.1, 0.15) is 0 Å². The van der Waals surface area contributed by atoms with Crippen LogP contribution in [0.25, 0.3) is 0 Å². The highest BCUT2D eigenvalue weighted by Gasteiger charge is 2.13. The predicted octanol–water partition coefficient (Wildman–Crippen LogP) is 1.97. The van der Waals surface area contributed by atoms with Crippen molar-refractivity contribution in [2.75, 3.05) is 11.9 Å². The number of hydrogen-bond donors (Lipinski definition) is 2. The van der Waals surface area contributed by atoms with Crippen molar-refractivity contribution in [3.05, 3.63) is 29.3 Å². The summed E-state index contributed by atoms with van der Waals surface area (Å²) in [6.45, 7) is 2.90. The average Bonchev–Trinajstić information content (AvgIpc) is 2.62.